The highest BCUT2D eigenvalue weighted by molar-refractivity contribution is 5.81. The summed E-state index contributed by atoms with van der Waals surface area (Å²) in [6.07, 6.45) is 1.41. The molecule has 0 aliphatic carbocycles. The average Bonchev–Trinajstić information content (AvgIpc) is 3.01. The molecule has 0 radical (unpaired) electrons. The van der Waals surface area contributed by atoms with Crippen LogP contribution in [0, 0.1) is 13.8 Å². The van der Waals surface area contributed by atoms with Crippen LogP contribution in [0.3, 0.4) is 0 Å². The van der Waals surface area contributed by atoms with Gasteiger partial charge in [0.05, 0.1) is 17.9 Å². The number of hydrogen-bond acceptors (Lipinski definition) is 3. The van der Waals surface area contributed by atoms with Crippen LogP contribution in [0.4, 0.5) is 0 Å². The van der Waals surface area contributed by atoms with E-state index in [9.17, 15) is 4.79 Å². The monoisotopic (exact) mass is 382 g/mol. The van der Waals surface area contributed by atoms with E-state index < -0.39 is 0 Å². The van der Waals surface area contributed by atoms with Crippen molar-refractivity contribution in [2.24, 2.45) is 4.99 Å². The van der Waals surface area contributed by atoms with Crippen LogP contribution in [0.25, 0.3) is 5.69 Å². The number of nitrogens with one attached hydrogen (secondary N) is 2. The third-order valence-electron chi connectivity index (χ3n) is 4.95. The van der Waals surface area contributed by atoms with Crippen molar-refractivity contribution in [2.45, 2.75) is 46.2 Å². The number of aliphatic imine (C=N–C) groups is 1. The molecule has 1 saturated heterocycles. The van der Waals surface area contributed by atoms with Crippen LogP contribution >= 0.6 is 0 Å². The molecule has 28 heavy (non-hydrogen) atoms. The zero-order valence-electron chi connectivity index (χ0n) is 17.2. The molecule has 7 nitrogen and oxygen atoms in total. The van der Waals surface area contributed by atoms with E-state index in [0.29, 0.717) is 19.5 Å². The van der Waals surface area contributed by atoms with Crippen molar-refractivity contribution in [1.82, 2.24) is 25.3 Å². The van der Waals surface area contributed by atoms with Gasteiger partial charge in [-0.15, -0.1) is 0 Å². The van der Waals surface area contributed by atoms with E-state index in [0.717, 1.165) is 41.6 Å². The summed E-state index contributed by atoms with van der Waals surface area (Å²) < 4.78 is 1.97. The van der Waals surface area contributed by atoms with Crippen molar-refractivity contribution in [3.63, 3.8) is 0 Å². The SMILES string of the molecule is CCNC(=NCc1ccccc1-n1nc(C)cc1C)NC1CCC(=O)N(C)C1. The van der Waals surface area contributed by atoms with Crippen LogP contribution in [-0.4, -0.2) is 52.7 Å². The minimum atomic E-state index is 0.207. The molecular formula is C21H30N6O. The zero-order chi connectivity index (χ0) is 20.1. The van der Waals surface area contributed by atoms with Crippen LogP contribution in [0.2, 0.25) is 0 Å². The average molecular weight is 383 g/mol. The summed E-state index contributed by atoms with van der Waals surface area (Å²) in [5.74, 6) is 0.984. The second kappa shape index (κ2) is 8.91. The second-order valence-electron chi connectivity index (χ2n) is 7.32. The number of benzene rings is 1. The Morgan fingerprint density at radius 1 is 1.32 bits per heavy atom. The highest BCUT2D eigenvalue weighted by atomic mass is 16.2. The van der Waals surface area contributed by atoms with Gasteiger partial charge in [0.25, 0.3) is 0 Å². The summed E-state index contributed by atoms with van der Waals surface area (Å²) in [4.78, 5) is 18.3. The first-order valence-corrected chi connectivity index (χ1v) is 9.88. The summed E-state index contributed by atoms with van der Waals surface area (Å²) in [5.41, 5.74) is 4.27. The maximum absolute atomic E-state index is 11.7. The number of aromatic nitrogens is 2. The van der Waals surface area contributed by atoms with Crippen molar-refractivity contribution >= 4 is 11.9 Å². The standard InChI is InChI=1S/C21H30N6O/c1-5-22-21(24-18-10-11-20(28)26(4)14-18)23-13-17-8-6-7-9-19(17)27-16(3)12-15(2)25-27/h6-9,12,18H,5,10-11,13-14H2,1-4H3,(H2,22,23,24). The third-order valence-corrected chi connectivity index (χ3v) is 4.95. The number of carbonyl (C=O) groups is 1. The van der Waals surface area contributed by atoms with Gasteiger partial charge < -0.3 is 15.5 Å². The lowest BCUT2D eigenvalue weighted by molar-refractivity contribution is -0.132. The summed E-state index contributed by atoms with van der Waals surface area (Å²) in [5, 5.41) is 11.4. The first-order valence-electron chi connectivity index (χ1n) is 9.88. The lowest BCUT2D eigenvalue weighted by Gasteiger charge is -2.31. The van der Waals surface area contributed by atoms with Gasteiger partial charge in [-0.2, -0.15) is 5.10 Å². The van der Waals surface area contributed by atoms with Crippen LogP contribution in [0.5, 0.6) is 0 Å². The molecule has 1 aromatic heterocycles. The summed E-state index contributed by atoms with van der Waals surface area (Å²) in [6, 6.07) is 10.5. The molecule has 0 bridgehead atoms. The number of hydrogen-bond donors (Lipinski definition) is 2. The Balaban J connectivity index is 1.76. The van der Waals surface area contributed by atoms with Crippen molar-refractivity contribution in [2.75, 3.05) is 20.1 Å². The Morgan fingerprint density at radius 3 is 2.79 bits per heavy atom. The number of piperidine rings is 1. The lowest BCUT2D eigenvalue weighted by atomic mass is 10.1. The molecule has 7 heteroatoms. The van der Waals surface area contributed by atoms with Crippen molar-refractivity contribution in [1.29, 1.82) is 0 Å². The minimum absolute atomic E-state index is 0.207. The van der Waals surface area contributed by atoms with E-state index in [4.69, 9.17) is 4.99 Å². The van der Waals surface area contributed by atoms with Gasteiger partial charge in [0.2, 0.25) is 5.91 Å². The smallest absolute Gasteiger partial charge is 0.222 e. The number of likely N-dealkylation sites (tertiary alicyclic amines) is 1. The molecule has 1 amide bonds. The Labute approximate surface area is 166 Å². The van der Waals surface area contributed by atoms with Gasteiger partial charge >= 0.3 is 0 Å². The number of aryl methyl sites for hydroxylation is 2. The fourth-order valence-corrected chi connectivity index (χ4v) is 3.53. The van der Waals surface area contributed by atoms with Crippen molar-refractivity contribution in [3.8, 4) is 5.69 Å². The van der Waals surface area contributed by atoms with E-state index in [1.165, 1.54) is 0 Å². The van der Waals surface area contributed by atoms with Crippen molar-refractivity contribution in [3.05, 3.63) is 47.3 Å². The number of nitrogens with zero attached hydrogens (tertiary/aromatic N) is 4. The van der Waals surface area contributed by atoms with Gasteiger partial charge in [-0.05, 0) is 44.9 Å². The molecule has 2 heterocycles. The number of guanidine groups is 1. The summed E-state index contributed by atoms with van der Waals surface area (Å²) in [6.45, 7) is 8.15. The van der Waals surface area contributed by atoms with Crippen LogP contribution in [0.15, 0.2) is 35.3 Å². The molecule has 0 spiro atoms. The zero-order valence-corrected chi connectivity index (χ0v) is 17.2. The maximum Gasteiger partial charge on any atom is 0.222 e. The topological polar surface area (TPSA) is 74.5 Å². The first-order chi connectivity index (χ1) is 13.5. The number of likely N-dealkylation sites (N-methyl/N-ethyl adjacent to an activating group) is 1. The minimum Gasteiger partial charge on any atom is -0.357 e. The lowest BCUT2D eigenvalue weighted by Crippen LogP contribution is -2.51. The molecule has 2 N–H and O–H groups in total. The normalized spacial score (nSPS) is 17.7. The highest BCUT2D eigenvalue weighted by Gasteiger charge is 2.23. The van der Waals surface area contributed by atoms with Gasteiger partial charge in [-0.1, -0.05) is 18.2 Å². The Hall–Kier alpha value is -2.83. The molecule has 3 rings (SSSR count). The highest BCUT2D eigenvalue weighted by Crippen LogP contribution is 2.18. The van der Waals surface area contributed by atoms with E-state index in [2.05, 4.69) is 47.8 Å². The molecule has 2 aromatic rings. The fraction of sp³-hybridized carbons (Fsp3) is 0.476. The molecule has 150 valence electrons. The number of carbonyl (C=O) groups excluding carboxylic acids is 1. The van der Waals surface area contributed by atoms with E-state index in [-0.39, 0.29) is 11.9 Å². The molecule has 1 aliphatic rings. The first kappa shape index (κ1) is 19.9. The predicted octanol–water partition coefficient (Wildman–Crippen LogP) is 2.17. The largest absolute Gasteiger partial charge is 0.357 e. The van der Waals surface area contributed by atoms with Gasteiger partial charge in [-0.3, -0.25) is 4.79 Å². The van der Waals surface area contributed by atoms with E-state index >= 15 is 0 Å². The second-order valence-corrected chi connectivity index (χ2v) is 7.32. The molecule has 1 fully saturated rings. The van der Waals surface area contributed by atoms with E-state index in [1.54, 1.807) is 4.90 Å². The molecular weight excluding hydrogens is 352 g/mol. The van der Waals surface area contributed by atoms with E-state index in [1.807, 2.05) is 30.8 Å². The molecule has 0 saturated carbocycles. The number of para-hydroxylation sites is 1. The Kier molecular flexibility index (Phi) is 6.34. The third kappa shape index (κ3) is 4.71. The van der Waals surface area contributed by atoms with Crippen LogP contribution < -0.4 is 10.6 Å². The van der Waals surface area contributed by atoms with Gasteiger partial charge in [0.1, 0.15) is 0 Å². The van der Waals surface area contributed by atoms with Crippen molar-refractivity contribution < 1.29 is 4.79 Å². The fourth-order valence-electron chi connectivity index (χ4n) is 3.53. The number of rotatable bonds is 5. The summed E-state index contributed by atoms with van der Waals surface area (Å²) in [7, 11) is 1.85. The molecule has 1 aliphatic heterocycles. The van der Waals surface area contributed by atoms with Crippen LogP contribution in [-0.2, 0) is 11.3 Å². The maximum atomic E-state index is 11.7. The number of amides is 1. The quantitative estimate of drug-likeness (QED) is 0.614. The van der Waals surface area contributed by atoms with Gasteiger partial charge in [-0.25, -0.2) is 9.67 Å². The summed E-state index contributed by atoms with van der Waals surface area (Å²) >= 11 is 0. The van der Waals surface area contributed by atoms with Gasteiger partial charge in [0, 0.05) is 38.3 Å². The van der Waals surface area contributed by atoms with Gasteiger partial charge in [0.15, 0.2) is 5.96 Å². The molecule has 1 aromatic carbocycles. The van der Waals surface area contributed by atoms with Crippen LogP contribution in [0.1, 0.15) is 36.7 Å². The Morgan fingerprint density at radius 2 is 2.11 bits per heavy atom. The Bertz CT molecular complexity index is 856. The molecule has 1 unspecified atom stereocenters. The molecule has 1 atom stereocenters. The predicted molar refractivity (Wildman–Crippen MR) is 112 cm³/mol.